The molecule has 10 rings (SSSR count). The quantitative estimate of drug-likeness (QED) is 0.0691. The summed E-state index contributed by atoms with van der Waals surface area (Å²) >= 11 is 0. The molecule has 0 unspecified atom stereocenters. The van der Waals surface area contributed by atoms with Gasteiger partial charge in [-0.05, 0) is 153 Å². The summed E-state index contributed by atoms with van der Waals surface area (Å²) in [6.07, 6.45) is -11.5. The number of carboxylic acid groups (broad SMARTS) is 4. The number of carbonyl (C=O) groups is 5. The van der Waals surface area contributed by atoms with E-state index in [0.29, 0.717) is 25.7 Å². The minimum absolute atomic E-state index is 0.0217. The van der Waals surface area contributed by atoms with Gasteiger partial charge in [0.05, 0.1) is 30.1 Å². The van der Waals surface area contributed by atoms with Crippen LogP contribution in [0.2, 0.25) is 0 Å². The Morgan fingerprint density at radius 2 is 1.35 bits per heavy atom. The number of allylic oxidation sites excluding steroid dienone is 2. The number of ketones is 1. The summed E-state index contributed by atoms with van der Waals surface area (Å²) in [4.78, 5) is 62.0. The molecule has 3 aromatic rings. The van der Waals surface area contributed by atoms with E-state index in [-0.39, 0.29) is 52.6 Å². The third kappa shape index (κ3) is 11.7. The number of aliphatic hydroxyl groups excluding tert-OH is 7. The van der Waals surface area contributed by atoms with Crippen LogP contribution in [0.4, 0.5) is 4.39 Å². The van der Waals surface area contributed by atoms with E-state index in [0.717, 1.165) is 65.4 Å². The Labute approximate surface area is 510 Å². The van der Waals surface area contributed by atoms with Crippen molar-refractivity contribution >= 4 is 46.6 Å². The van der Waals surface area contributed by atoms with Crippen LogP contribution in [0.1, 0.15) is 145 Å². The van der Waals surface area contributed by atoms with E-state index in [1.54, 1.807) is 24.3 Å². The van der Waals surface area contributed by atoms with Crippen molar-refractivity contribution in [2.45, 2.75) is 219 Å². The zero-order valence-electron chi connectivity index (χ0n) is 51.4. The normalized spacial score (nSPS) is 39.4. The van der Waals surface area contributed by atoms with Gasteiger partial charge in [0.2, 0.25) is 0 Å². The molecule has 0 bridgehead atoms. The van der Waals surface area contributed by atoms with Crippen molar-refractivity contribution in [3.05, 3.63) is 77.8 Å². The highest BCUT2D eigenvalue weighted by atomic mass is 19.1. The summed E-state index contributed by atoms with van der Waals surface area (Å²) in [5.74, 6) is -5.90. The molecule has 5 aliphatic carbocycles. The fourth-order valence-electron chi connectivity index (χ4n) is 17.1. The van der Waals surface area contributed by atoms with Crippen molar-refractivity contribution in [1.82, 2.24) is 4.57 Å². The fraction of sp³-hybridized carbons (Fsp3) is 0.652. The minimum atomic E-state index is -2.05. The van der Waals surface area contributed by atoms with Crippen molar-refractivity contribution in [2.24, 2.45) is 50.2 Å². The smallest absolute Gasteiger partial charge is 0.335 e. The second-order valence-corrected chi connectivity index (χ2v) is 28.3. The van der Waals surface area contributed by atoms with Gasteiger partial charge in [-0.2, -0.15) is 0 Å². The van der Waals surface area contributed by atoms with Crippen LogP contribution in [0.3, 0.4) is 0 Å². The SMILES string of the molecule is CC(C)n1c(/C=C/[C@@H](O)C[C@@H](O)CC(=O)O)c(-c2ccc(F)cc2)c2ccccc21.CC1(C)[C@@H](O[C@H]2O[C@H](C(=O)O)[C@@H](O)[C@H](O)[C@H]2O[C@@H]2O[C@H](C(=O)O)[C@@H](O)[C@H](O)[C@H]2O)CC[C@]2(C)[C@H]3C(=O)C=C4[C@@H]5C[C@@](C)(C(=O)O)CC[C@]5(C)CC[C@@]4(C)[C@]3(C)CC[C@@H]12. The van der Waals surface area contributed by atoms with E-state index in [1.165, 1.54) is 12.1 Å². The van der Waals surface area contributed by atoms with E-state index in [1.807, 2.05) is 51.1 Å². The number of nitrogens with zero attached hydrogens (tertiary/aromatic N) is 1. The maximum atomic E-state index is 14.8. The van der Waals surface area contributed by atoms with Gasteiger partial charge in [0.15, 0.2) is 30.6 Å². The van der Waals surface area contributed by atoms with Crippen molar-refractivity contribution in [3.8, 4) is 11.1 Å². The fourth-order valence-corrected chi connectivity index (χ4v) is 17.1. The van der Waals surface area contributed by atoms with E-state index >= 15 is 0 Å². The lowest BCUT2D eigenvalue weighted by Gasteiger charge is -2.70. The Balaban J connectivity index is 0.000000258. The lowest BCUT2D eigenvalue weighted by Crippen LogP contribution is -2.68. The highest BCUT2D eigenvalue weighted by Crippen LogP contribution is 2.75. The minimum Gasteiger partial charge on any atom is -0.481 e. The first-order valence-electron chi connectivity index (χ1n) is 30.7. The Kier molecular flexibility index (Phi) is 18.7. The average molecular weight is 1230 g/mol. The number of carbonyl (C=O) groups excluding carboxylic acids is 1. The maximum absolute atomic E-state index is 14.8. The highest BCUT2D eigenvalue weighted by Gasteiger charge is 2.71. The number of para-hydroxylation sites is 1. The number of rotatable bonds is 15. The second kappa shape index (κ2) is 24.6. The number of ether oxygens (including phenoxy) is 4. The number of hydrogen-bond acceptors (Lipinski definition) is 16. The molecule has 21 nitrogen and oxygen atoms in total. The van der Waals surface area contributed by atoms with Gasteiger partial charge in [-0.25, -0.2) is 14.0 Å². The molecular formula is C66H88FNO20. The van der Waals surface area contributed by atoms with Crippen LogP contribution in [0.5, 0.6) is 0 Å². The van der Waals surface area contributed by atoms with E-state index < -0.39 is 132 Å². The second-order valence-electron chi connectivity index (χ2n) is 28.3. The Hall–Kier alpha value is -5.50. The van der Waals surface area contributed by atoms with Gasteiger partial charge >= 0.3 is 23.9 Å². The van der Waals surface area contributed by atoms with Gasteiger partial charge in [0.1, 0.15) is 42.4 Å². The lowest BCUT2D eigenvalue weighted by atomic mass is 9.33. The number of aromatic nitrogens is 1. The summed E-state index contributed by atoms with van der Waals surface area (Å²) in [6, 6.07) is 14.4. The number of benzene rings is 2. The highest BCUT2D eigenvalue weighted by molar-refractivity contribution is 6.01. The summed E-state index contributed by atoms with van der Waals surface area (Å²) in [7, 11) is 0. The standard InChI is InChI=1S/C42H62O16.C24H26FNO4/c1-37(2)21-8-11-42(7)31(20(43)16-18-19-17-39(4,36(53)54)13-12-38(19,3)14-15-41(18,42)6)40(21,5)10-9-22(37)55-35-30(26(47)25(46)29(57-35)33(51)52)58-34-27(48)23(44)24(45)28(56-34)32(49)50;1-15(2)26-21-6-4-3-5-20(21)24(16-7-9-17(25)10-8-16)22(26)12-11-18(27)13-19(28)14-23(29)30/h16,19,21-31,34-35,44-48H,8-15,17H2,1-7H3,(H,49,50)(H,51,52)(H,53,54);3-12,15,18-19,27-28H,13-14H2,1-2H3,(H,29,30)/b;12-11+/t19-,21-,22-,23-,24-,25-,26-,27+,28-,29-,30+,31+,34-,35-,38+,39-,40-,41+,42+;18-,19-/m01/s1. The van der Waals surface area contributed by atoms with E-state index in [9.17, 15) is 79.4 Å². The molecule has 1 aromatic heterocycles. The number of hydrogen-bond donors (Lipinski definition) is 11. The molecule has 4 saturated carbocycles. The van der Waals surface area contributed by atoms with E-state index in [2.05, 4.69) is 46.1 Å². The Morgan fingerprint density at radius 1 is 0.739 bits per heavy atom. The molecule has 0 amide bonds. The summed E-state index contributed by atoms with van der Waals surface area (Å²) in [6.45, 7) is 19.0. The molecule has 484 valence electrons. The van der Waals surface area contributed by atoms with Gasteiger partial charge in [0, 0.05) is 40.5 Å². The average Bonchev–Trinajstić information content (AvgIpc) is 0.881. The van der Waals surface area contributed by atoms with Gasteiger partial charge in [-0.15, -0.1) is 0 Å². The van der Waals surface area contributed by atoms with Crippen LogP contribution >= 0.6 is 0 Å². The summed E-state index contributed by atoms with van der Waals surface area (Å²) in [5.41, 5.74) is 1.84. The zero-order chi connectivity index (χ0) is 64.7. The molecule has 6 fully saturated rings. The zero-order valence-corrected chi connectivity index (χ0v) is 51.4. The Morgan fingerprint density at radius 3 is 1.97 bits per heavy atom. The number of aliphatic hydroxyl groups is 7. The topological polar surface area (TPSA) is 350 Å². The lowest BCUT2D eigenvalue weighted by molar-refractivity contribution is -0.371. The van der Waals surface area contributed by atoms with Gasteiger partial charge < -0.3 is 79.7 Å². The summed E-state index contributed by atoms with van der Waals surface area (Å²) in [5, 5.41) is 113. The molecule has 0 radical (unpaired) electrons. The van der Waals surface area contributed by atoms with Crippen LogP contribution in [-0.2, 0) is 42.9 Å². The molecule has 3 heterocycles. The van der Waals surface area contributed by atoms with Crippen molar-refractivity contribution in [3.63, 3.8) is 0 Å². The third-order valence-electron chi connectivity index (χ3n) is 22.2. The van der Waals surface area contributed by atoms with Gasteiger partial charge in [-0.1, -0.05) is 83.5 Å². The molecule has 22 heteroatoms. The van der Waals surface area contributed by atoms with Crippen molar-refractivity contribution < 1.29 is 103 Å². The molecule has 2 aliphatic heterocycles. The van der Waals surface area contributed by atoms with Crippen LogP contribution in [-0.4, -0.2) is 170 Å². The van der Waals surface area contributed by atoms with Gasteiger partial charge in [-0.3, -0.25) is 14.4 Å². The predicted molar refractivity (Wildman–Crippen MR) is 315 cm³/mol. The largest absolute Gasteiger partial charge is 0.481 e. The predicted octanol–water partition coefficient (Wildman–Crippen LogP) is 6.87. The first-order valence-corrected chi connectivity index (χ1v) is 30.7. The Bertz CT molecular complexity index is 3200. The molecule has 21 atom stereocenters. The maximum Gasteiger partial charge on any atom is 0.335 e. The molecule has 11 N–H and O–H groups in total. The molecule has 2 saturated heterocycles. The molecule has 88 heavy (non-hydrogen) atoms. The number of halogens is 1. The molecule has 2 aromatic carbocycles. The number of carboxylic acids is 4. The van der Waals surface area contributed by atoms with Crippen LogP contribution in [0.15, 0.2) is 66.3 Å². The molecule has 7 aliphatic rings. The van der Waals surface area contributed by atoms with Crippen molar-refractivity contribution in [2.75, 3.05) is 0 Å². The van der Waals surface area contributed by atoms with Crippen LogP contribution in [0.25, 0.3) is 28.1 Å². The summed E-state index contributed by atoms with van der Waals surface area (Å²) < 4.78 is 39.0. The van der Waals surface area contributed by atoms with Gasteiger partial charge in [0.25, 0.3) is 0 Å². The number of aliphatic carboxylic acids is 4. The molecular weight excluding hydrogens is 1150 g/mol. The third-order valence-corrected chi connectivity index (χ3v) is 22.2. The van der Waals surface area contributed by atoms with Crippen LogP contribution < -0.4 is 0 Å². The van der Waals surface area contributed by atoms with E-state index in [4.69, 9.17) is 24.1 Å². The van der Waals surface area contributed by atoms with Crippen molar-refractivity contribution in [1.29, 1.82) is 0 Å². The monoisotopic (exact) mass is 1230 g/mol. The number of fused-ring (bicyclic) bond motifs is 8. The first-order chi connectivity index (χ1) is 41.0. The first kappa shape index (κ1) is 66.9. The molecule has 0 spiro atoms. The van der Waals surface area contributed by atoms with Crippen LogP contribution in [0, 0.1) is 56.1 Å².